The van der Waals surface area contributed by atoms with E-state index in [-0.39, 0.29) is 29.4 Å². The Kier molecular flexibility index (Phi) is 6.69. The van der Waals surface area contributed by atoms with Crippen LogP contribution in [0.4, 0.5) is 15.9 Å². The molecular formula is C16H22ClFN4O4. The number of rotatable bonds is 7. The van der Waals surface area contributed by atoms with Crippen LogP contribution in [0, 0.1) is 10.1 Å². The molecule has 0 bridgehead atoms. The highest BCUT2D eigenvalue weighted by molar-refractivity contribution is 6.28. The third-order valence-corrected chi connectivity index (χ3v) is 4.56. The maximum Gasteiger partial charge on any atom is 0.345 e. The zero-order chi connectivity index (χ0) is 19.3. The van der Waals surface area contributed by atoms with Crippen molar-refractivity contribution < 1.29 is 18.8 Å². The number of carbonyl (C=O) groups excluding carboxylic acids is 1. The maximum atomic E-state index is 15.0. The molecule has 0 N–H and O–H groups in total. The van der Waals surface area contributed by atoms with Crippen LogP contribution in [0.25, 0.3) is 0 Å². The van der Waals surface area contributed by atoms with Gasteiger partial charge in [-0.15, -0.1) is 0 Å². The third kappa shape index (κ3) is 4.78. The van der Waals surface area contributed by atoms with E-state index in [1.165, 1.54) is 4.90 Å². The Morgan fingerprint density at radius 1 is 1.50 bits per heavy atom. The summed E-state index contributed by atoms with van der Waals surface area (Å²) in [7, 11) is 0. The molecule has 1 aliphatic rings. The van der Waals surface area contributed by atoms with Crippen LogP contribution in [0.5, 0.6) is 0 Å². The number of aromatic nitrogens is 2. The molecule has 26 heavy (non-hydrogen) atoms. The first kappa shape index (κ1) is 20.3. The van der Waals surface area contributed by atoms with Crippen LogP contribution in [0.3, 0.4) is 0 Å². The average molecular weight is 389 g/mol. The van der Waals surface area contributed by atoms with Crippen molar-refractivity contribution in [2.75, 3.05) is 18.1 Å². The van der Waals surface area contributed by atoms with E-state index < -0.39 is 23.1 Å². The minimum absolute atomic E-state index is 0.0429. The van der Waals surface area contributed by atoms with Gasteiger partial charge in [0.25, 0.3) is 0 Å². The van der Waals surface area contributed by atoms with Crippen molar-refractivity contribution in [3.05, 3.63) is 21.6 Å². The Balaban J connectivity index is 2.43. The van der Waals surface area contributed by atoms with Gasteiger partial charge in [0.2, 0.25) is 16.8 Å². The molecule has 1 aromatic heterocycles. The molecule has 1 aromatic rings. The smallest absolute Gasteiger partial charge is 0.345 e. The number of carbonyl (C=O) groups is 1. The van der Waals surface area contributed by atoms with Crippen LogP contribution in [-0.4, -0.2) is 45.7 Å². The summed E-state index contributed by atoms with van der Waals surface area (Å²) in [5.74, 6) is -1.08. The third-order valence-electron chi connectivity index (χ3n) is 4.37. The fourth-order valence-corrected chi connectivity index (χ4v) is 3.25. The first-order valence-corrected chi connectivity index (χ1v) is 8.93. The van der Waals surface area contributed by atoms with Crippen molar-refractivity contribution >= 4 is 29.1 Å². The number of nitrogens with zero attached hydrogens (tertiary/aromatic N) is 4. The number of nitro groups is 1. The lowest BCUT2D eigenvalue weighted by molar-refractivity contribution is -0.384. The zero-order valence-electron chi connectivity index (χ0n) is 14.8. The molecule has 0 saturated heterocycles. The number of hydrogen-bond acceptors (Lipinski definition) is 7. The van der Waals surface area contributed by atoms with Crippen LogP contribution in [0.2, 0.25) is 5.28 Å². The second-order valence-electron chi connectivity index (χ2n) is 6.44. The fraction of sp³-hybridized carbons (Fsp3) is 0.688. The number of anilines is 1. The molecule has 144 valence electrons. The van der Waals surface area contributed by atoms with Crippen molar-refractivity contribution in [2.24, 2.45) is 0 Å². The van der Waals surface area contributed by atoms with E-state index in [0.717, 1.165) is 45.2 Å². The molecule has 2 rings (SSSR count). The first-order chi connectivity index (χ1) is 12.3. The fourth-order valence-electron chi connectivity index (χ4n) is 3.12. The summed E-state index contributed by atoms with van der Waals surface area (Å²) >= 11 is 5.83. The van der Waals surface area contributed by atoms with Gasteiger partial charge < -0.3 is 9.64 Å². The largest absolute Gasteiger partial charge is 0.464 e. The van der Waals surface area contributed by atoms with Gasteiger partial charge in [0.05, 0.1) is 18.1 Å². The Hall–Kier alpha value is -2.03. The van der Waals surface area contributed by atoms with Crippen molar-refractivity contribution in [1.29, 1.82) is 0 Å². The quantitative estimate of drug-likeness (QED) is 0.305. The van der Waals surface area contributed by atoms with Gasteiger partial charge in [-0.2, -0.15) is 4.98 Å². The van der Waals surface area contributed by atoms with Crippen LogP contribution < -0.4 is 4.90 Å². The van der Waals surface area contributed by atoms with Crippen molar-refractivity contribution in [3.63, 3.8) is 0 Å². The molecule has 10 heteroatoms. The molecule has 0 radical (unpaired) electrons. The summed E-state index contributed by atoms with van der Waals surface area (Å²) in [5.41, 5.74) is -2.72. The Morgan fingerprint density at radius 2 is 2.15 bits per heavy atom. The van der Waals surface area contributed by atoms with Gasteiger partial charge in [0, 0.05) is 6.04 Å². The molecule has 1 unspecified atom stereocenters. The predicted octanol–water partition coefficient (Wildman–Crippen LogP) is 3.47. The lowest BCUT2D eigenvalue weighted by atomic mass is 9.93. The average Bonchev–Trinajstić information content (AvgIpc) is 2.60. The standard InChI is InChI=1S/C16H22ClFN4O4/c1-3-26-14(23)16(2,18)10-21(11-7-5-4-6-8-11)13-12(22(24)25)9-19-15(17)20-13/h9,11H,3-8,10H2,1-2H3. The molecule has 1 saturated carbocycles. The van der Waals surface area contributed by atoms with Crippen LogP contribution in [0.1, 0.15) is 46.0 Å². The molecule has 0 spiro atoms. The Labute approximate surface area is 155 Å². The number of alkyl halides is 1. The lowest BCUT2D eigenvalue weighted by Crippen LogP contribution is -2.49. The molecule has 1 atom stereocenters. The highest BCUT2D eigenvalue weighted by Crippen LogP contribution is 2.34. The van der Waals surface area contributed by atoms with Gasteiger partial charge in [-0.1, -0.05) is 19.3 Å². The molecule has 0 aliphatic heterocycles. The van der Waals surface area contributed by atoms with Gasteiger partial charge in [-0.25, -0.2) is 14.2 Å². The van der Waals surface area contributed by atoms with Crippen LogP contribution in [-0.2, 0) is 9.53 Å². The van der Waals surface area contributed by atoms with Gasteiger partial charge in [-0.05, 0) is 38.3 Å². The van der Waals surface area contributed by atoms with Crippen molar-refractivity contribution in [2.45, 2.75) is 57.7 Å². The second-order valence-corrected chi connectivity index (χ2v) is 6.78. The van der Waals surface area contributed by atoms with E-state index in [9.17, 15) is 14.9 Å². The van der Waals surface area contributed by atoms with Crippen LogP contribution in [0.15, 0.2) is 6.20 Å². The molecule has 0 amide bonds. The van der Waals surface area contributed by atoms with Gasteiger partial charge >= 0.3 is 11.7 Å². The van der Waals surface area contributed by atoms with Gasteiger partial charge in [0.15, 0.2) is 0 Å². The van der Waals surface area contributed by atoms with E-state index in [1.54, 1.807) is 6.92 Å². The summed E-state index contributed by atoms with van der Waals surface area (Å²) in [6.45, 7) is 2.32. The zero-order valence-corrected chi connectivity index (χ0v) is 15.5. The Bertz CT molecular complexity index is 668. The predicted molar refractivity (Wildman–Crippen MR) is 94.1 cm³/mol. The molecule has 1 heterocycles. The van der Waals surface area contributed by atoms with Gasteiger partial charge in [-0.3, -0.25) is 10.1 Å². The van der Waals surface area contributed by atoms with E-state index in [2.05, 4.69) is 9.97 Å². The topological polar surface area (TPSA) is 98.5 Å². The summed E-state index contributed by atoms with van der Waals surface area (Å²) < 4.78 is 19.8. The van der Waals surface area contributed by atoms with Crippen LogP contribution >= 0.6 is 11.6 Å². The molecule has 1 aliphatic carbocycles. The minimum Gasteiger partial charge on any atom is -0.464 e. The summed E-state index contributed by atoms with van der Waals surface area (Å²) in [6, 6.07) is -0.182. The molecule has 8 nitrogen and oxygen atoms in total. The number of halogens is 2. The second kappa shape index (κ2) is 8.57. The van der Waals surface area contributed by atoms with E-state index >= 15 is 4.39 Å². The van der Waals surface area contributed by atoms with Gasteiger partial charge in [0.1, 0.15) is 6.20 Å². The number of esters is 1. The van der Waals surface area contributed by atoms with Crippen molar-refractivity contribution in [1.82, 2.24) is 9.97 Å². The van der Waals surface area contributed by atoms with Crippen molar-refractivity contribution in [3.8, 4) is 0 Å². The monoisotopic (exact) mass is 388 g/mol. The normalized spacial score (nSPS) is 17.4. The maximum absolute atomic E-state index is 15.0. The summed E-state index contributed by atoms with van der Waals surface area (Å²) in [4.78, 5) is 31.8. The number of ether oxygens (including phenoxy) is 1. The minimum atomic E-state index is -2.35. The first-order valence-electron chi connectivity index (χ1n) is 8.56. The highest BCUT2D eigenvalue weighted by atomic mass is 35.5. The Morgan fingerprint density at radius 3 is 2.73 bits per heavy atom. The SMILES string of the molecule is CCOC(=O)C(C)(F)CN(c1nc(Cl)ncc1[N+](=O)[O-])C1CCCCC1. The number of hydrogen-bond donors (Lipinski definition) is 0. The molecule has 0 aromatic carbocycles. The lowest BCUT2D eigenvalue weighted by Gasteiger charge is -2.37. The van der Waals surface area contributed by atoms with E-state index in [0.29, 0.717) is 0 Å². The summed E-state index contributed by atoms with van der Waals surface area (Å²) in [6.07, 6.45) is 5.31. The summed E-state index contributed by atoms with van der Waals surface area (Å²) in [5, 5.41) is 11.2. The van der Waals surface area contributed by atoms with E-state index in [4.69, 9.17) is 16.3 Å². The van der Waals surface area contributed by atoms with E-state index in [1.807, 2.05) is 0 Å². The molecule has 1 fully saturated rings. The molecular weight excluding hydrogens is 367 g/mol. The highest BCUT2D eigenvalue weighted by Gasteiger charge is 2.41.